The summed E-state index contributed by atoms with van der Waals surface area (Å²) >= 11 is 0. The third-order valence-electron chi connectivity index (χ3n) is 4.14. The predicted molar refractivity (Wildman–Crippen MR) is 83.0 cm³/mol. The molecule has 0 aromatic rings. The van der Waals surface area contributed by atoms with Crippen LogP contribution in [0.25, 0.3) is 0 Å². The second kappa shape index (κ2) is 8.51. The first-order valence-electron chi connectivity index (χ1n) is 7.94. The summed E-state index contributed by atoms with van der Waals surface area (Å²) in [6, 6.07) is 2.05. The number of likely N-dealkylation sites (tertiary alicyclic amines) is 1. The smallest absolute Gasteiger partial charge is 0.326 e. The van der Waals surface area contributed by atoms with Crippen LogP contribution in [0.2, 0.25) is 0 Å². The van der Waals surface area contributed by atoms with E-state index in [1.807, 2.05) is 19.9 Å². The molecule has 1 atom stereocenters. The van der Waals surface area contributed by atoms with Crippen LogP contribution in [0.4, 0.5) is 0 Å². The van der Waals surface area contributed by atoms with Gasteiger partial charge in [0.2, 0.25) is 5.91 Å². The Kier molecular flexibility index (Phi) is 7.01. The number of nitriles is 1. The monoisotopic (exact) mass is 323 g/mol. The molecule has 1 rings (SSSR count). The standard InChI is InChI=1S/C16H25N3O4/c1-12(2)16(3,11-17)18-13(20)10-23-15(22)9-19-8-6-4-5-7-14(19)21/h12H,4-10H2,1-3H3,(H,18,20). The zero-order valence-corrected chi connectivity index (χ0v) is 14.1. The van der Waals surface area contributed by atoms with Crippen molar-refractivity contribution >= 4 is 17.8 Å². The summed E-state index contributed by atoms with van der Waals surface area (Å²) in [6.07, 6.45) is 3.13. The number of nitrogens with one attached hydrogen (secondary N) is 1. The molecular weight excluding hydrogens is 298 g/mol. The molecule has 1 aliphatic rings. The molecule has 0 aromatic carbocycles. The van der Waals surface area contributed by atoms with Gasteiger partial charge in [0.25, 0.3) is 5.91 Å². The molecule has 0 aromatic heterocycles. The maximum absolute atomic E-state index is 11.8. The zero-order chi connectivity index (χ0) is 17.5. The summed E-state index contributed by atoms with van der Waals surface area (Å²) in [7, 11) is 0. The predicted octanol–water partition coefficient (Wildman–Crippen LogP) is 0.987. The van der Waals surface area contributed by atoms with Crippen LogP contribution in [0.3, 0.4) is 0 Å². The Morgan fingerprint density at radius 1 is 1.39 bits per heavy atom. The average molecular weight is 323 g/mol. The second-order valence-corrected chi connectivity index (χ2v) is 6.30. The number of carbonyl (C=O) groups is 3. The van der Waals surface area contributed by atoms with E-state index in [2.05, 4.69) is 5.32 Å². The van der Waals surface area contributed by atoms with Crippen molar-refractivity contribution in [3.05, 3.63) is 0 Å². The van der Waals surface area contributed by atoms with Gasteiger partial charge in [-0.1, -0.05) is 20.3 Å². The van der Waals surface area contributed by atoms with E-state index < -0.39 is 24.0 Å². The van der Waals surface area contributed by atoms with Crippen molar-refractivity contribution in [2.45, 2.75) is 52.0 Å². The minimum Gasteiger partial charge on any atom is -0.454 e. The number of nitrogens with zero attached hydrogens (tertiary/aromatic N) is 2. The number of rotatable bonds is 6. The molecule has 23 heavy (non-hydrogen) atoms. The number of esters is 1. The van der Waals surface area contributed by atoms with Gasteiger partial charge in [-0.3, -0.25) is 14.4 Å². The van der Waals surface area contributed by atoms with E-state index >= 15 is 0 Å². The molecule has 0 saturated carbocycles. The fraction of sp³-hybridized carbons (Fsp3) is 0.750. The zero-order valence-electron chi connectivity index (χ0n) is 14.1. The Labute approximate surface area is 137 Å². The normalized spacial score (nSPS) is 17.9. The molecular formula is C16H25N3O4. The van der Waals surface area contributed by atoms with Gasteiger partial charge < -0.3 is 15.0 Å². The first-order valence-corrected chi connectivity index (χ1v) is 7.94. The lowest BCUT2D eigenvalue weighted by Crippen LogP contribution is -2.50. The highest BCUT2D eigenvalue weighted by molar-refractivity contribution is 5.84. The Morgan fingerprint density at radius 3 is 2.70 bits per heavy atom. The summed E-state index contributed by atoms with van der Waals surface area (Å²) in [6.45, 7) is 5.21. The van der Waals surface area contributed by atoms with Crippen LogP contribution in [0.1, 0.15) is 46.5 Å². The number of hydrogen-bond acceptors (Lipinski definition) is 5. The van der Waals surface area contributed by atoms with Crippen LogP contribution in [-0.2, 0) is 19.1 Å². The molecule has 1 saturated heterocycles. The van der Waals surface area contributed by atoms with E-state index in [1.165, 1.54) is 4.90 Å². The maximum atomic E-state index is 11.8. The second-order valence-electron chi connectivity index (χ2n) is 6.30. The van der Waals surface area contributed by atoms with Crippen LogP contribution >= 0.6 is 0 Å². The highest BCUT2D eigenvalue weighted by Crippen LogP contribution is 2.15. The minimum absolute atomic E-state index is 0.0548. The molecule has 0 radical (unpaired) electrons. The van der Waals surface area contributed by atoms with Gasteiger partial charge in [0.15, 0.2) is 6.61 Å². The highest BCUT2D eigenvalue weighted by Gasteiger charge is 2.30. The maximum Gasteiger partial charge on any atom is 0.326 e. The van der Waals surface area contributed by atoms with Crippen LogP contribution in [0.15, 0.2) is 0 Å². The van der Waals surface area contributed by atoms with Crippen LogP contribution in [-0.4, -0.2) is 47.9 Å². The first-order chi connectivity index (χ1) is 10.8. The van der Waals surface area contributed by atoms with Crippen molar-refractivity contribution in [3.8, 4) is 6.07 Å². The quantitative estimate of drug-likeness (QED) is 0.735. The Hall–Kier alpha value is -2.10. The number of hydrogen-bond donors (Lipinski definition) is 1. The molecule has 0 aliphatic carbocycles. The molecule has 2 amide bonds. The fourth-order valence-electron chi connectivity index (χ4n) is 2.18. The van der Waals surface area contributed by atoms with Gasteiger partial charge in [-0.05, 0) is 25.7 Å². The fourth-order valence-corrected chi connectivity index (χ4v) is 2.18. The first kappa shape index (κ1) is 18.9. The lowest BCUT2D eigenvalue weighted by Gasteiger charge is -2.27. The van der Waals surface area contributed by atoms with E-state index in [4.69, 9.17) is 10.00 Å². The largest absolute Gasteiger partial charge is 0.454 e. The van der Waals surface area contributed by atoms with Crippen LogP contribution in [0, 0.1) is 17.2 Å². The molecule has 7 nitrogen and oxygen atoms in total. The van der Waals surface area contributed by atoms with E-state index in [9.17, 15) is 14.4 Å². The Bertz CT molecular complexity index is 498. The summed E-state index contributed by atoms with van der Waals surface area (Å²) in [5.74, 6) is -1.28. The van der Waals surface area contributed by atoms with E-state index in [-0.39, 0.29) is 18.4 Å². The molecule has 1 fully saturated rings. The molecule has 1 N–H and O–H groups in total. The SMILES string of the molecule is CC(C)C(C)(C#N)NC(=O)COC(=O)CN1CCCCCC1=O. The summed E-state index contributed by atoms with van der Waals surface area (Å²) in [5.41, 5.74) is -1.01. The summed E-state index contributed by atoms with van der Waals surface area (Å²) < 4.78 is 4.91. The topological polar surface area (TPSA) is 99.5 Å². The number of ether oxygens (including phenoxy) is 1. The van der Waals surface area contributed by atoms with Crippen molar-refractivity contribution < 1.29 is 19.1 Å². The molecule has 1 unspecified atom stereocenters. The average Bonchev–Trinajstić information content (AvgIpc) is 2.70. The Morgan fingerprint density at radius 2 is 2.09 bits per heavy atom. The van der Waals surface area contributed by atoms with E-state index in [1.54, 1.807) is 6.92 Å². The van der Waals surface area contributed by atoms with Crippen molar-refractivity contribution in [2.75, 3.05) is 19.7 Å². The van der Waals surface area contributed by atoms with Crippen molar-refractivity contribution in [3.63, 3.8) is 0 Å². The molecule has 1 aliphatic heterocycles. The number of carbonyl (C=O) groups excluding carboxylic acids is 3. The molecule has 1 heterocycles. The minimum atomic E-state index is -1.01. The van der Waals surface area contributed by atoms with Crippen molar-refractivity contribution in [2.24, 2.45) is 5.92 Å². The van der Waals surface area contributed by atoms with Crippen molar-refractivity contribution in [1.29, 1.82) is 5.26 Å². The summed E-state index contributed by atoms with van der Waals surface area (Å²) in [4.78, 5) is 36.9. The number of amides is 2. The highest BCUT2D eigenvalue weighted by atomic mass is 16.5. The molecule has 128 valence electrons. The van der Waals surface area contributed by atoms with Gasteiger partial charge in [-0.2, -0.15) is 5.26 Å². The molecule has 0 spiro atoms. The van der Waals surface area contributed by atoms with Gasteiger partial charge >= 0.3 is 5.97 Å². The Balaban J connectivity index is 2.42. The molecule has 7 heteroatoms. The van der Waals surface area contributed by atoms with Gasteiger partial charge in [-0.15, -0.1) is 0 Å². The van der Waals surface area contributed by atoms with Gasteiger partial charge in [0.05, 0.1) is 6.07 Å². The third-order valence-corrected chi connectivity index (χ3v) is 4.14. The lowest BCUT2D eigenvalue weighted by molar-refractivity contribution is -0.152. The van der Waals surface area contributed by atoms with Gasteiger partial charge in [0.1, 0.15) is 12.1 Å². The van der Waals surface area contributed by atoms with Crippen molar-refractivity contribution in [1.82, 2.24) is 10.2 Å². The molecule has 0 bridgehead atoms. The van der Waals surface area contributed by atoms with Gasteiger partial charge in [-0.25, -0.2) is 0 Å². The third kappa shape index (κ3) is 5.89. The van der Waals surface area contributed by atoms with Gasteiger partial charge in [0, 0.05) is 13.0 Å². The van der Waals surface area contributed by atoms with Crippen LogP contribution in [0.5, 0.6) is 0 Å². The van der Waals surface area contributed by atoms with Crippen LogP contribution < -0.4 is 5.32 Å². The summed E-state index contributed by atoms with van der Waals surface area (Å²) in [5, 5.41) is 11.7. The van der Waals surface area contributed by atoms with E-state index in [0.717, 1.165) is 19.3 Å². The lowest BCUT2D eigenvalue weighted by atomic mass is 9.90. The van der Waals surface area contributed by atoms with E-state index in [0.29, 0.717) is 13.0 Å².